The lowest BCUT2D eigenvalue weighted by molar-refractivity contribution is 0.129. The van der Waals surface area contributed by atoms with Gasteiger partial charge in [-0.05, 0) is 58.2 Å². The summed E-state index contributed by atoms with van der Waals surface area (Å²) in [6.45, 7) is 7.88. The average Bonchev–Trinajstić information content (AvgIpc) is 3.09. The van der Waals surface area contributed by atoms with Crippen molar-refractivity contribution in [1.82, 2.24) is 15.1 Å². The number of nitrogens with one attached hydrogen (secondary N) is 1. The van der Waals surface area contributed by atoms with Gasteiger partial charge in [-0.2, -0.15) is 0 Å². The van der Waals surface area contributed by atoms with Gasteiger partial charge in [-0.25, -0.2) is 0 Å². The molecule has 3 aliphatic rings. The predicted octanol–water partition coefficient (Wildman–Crippen LogP) is 1.69. The molecule has 18 heavy (non-hydrogen) atoms. The summed E-state index contributed by atoms with van der Waals surface area (Å²) in [4.78, 5) is 5.41. The van der Waals surface area contributed by atoms with Gasteiger partial charge in [0.1, 0.15) is 0 Å². The van der Waals surface area contributed by atoms with E-state index in [0.717, 1.165) is 12.1 Å². The van der Waals surface area contributed by atoms with Crippen LogP contribution in [0.2, 0.25) is 0 Å². The lowest BCUT2D eigenvalue weighted by Gasteiger charge is -2.36. The van der Waals surface area contributed by atoms with Crippen molar-refractivity contribution in [1.29, 1.82) is 0 Å². The lowest BCUT2D eigenvalue weighted by atomic mass is 10.0. The van der Waals surface area contributed by atoms with Gasteiger partial charge in [0, 0.05) is 31.7 Å². The molecule has 0 bridgehead atoms. The summed E-state index contributed by atoms with van der Waals surface area (Å²) < 4.78 is 0. The minimum atomic E-state index is 0.821. The van der Waals surface area contributed by atoms with Crippen LogP contribution in [-0.4, -0.2) is 61.2 Å². The minimum Gasteiger partial charge on any atom is -0.312 e. The summed E-state index contributed by atoms with van der Waals surface area (Å²) in [6, 6.07) is 1.69. The van der Waals surface area contributed by atoms with Gasteiger partial charge in [-0.3, -0.25) is 4.90 Å². The van der Waals surface area contributed by atoms with Crippen molar-refractivity contribution in [2.24, 2.45) is 0 Å². The number of piperidine rings is 1. The first-order chi connectivity index (χ1) is 8.92. The van der Waals surface area contributed by atoms with E-state index in [1.165, 1.54) is 84.2 Å². The van der Waals surface area contributed by atoms with E-state index in [2.05, 4.69) is 15.1 Å². The number of nitrogens with zero attached hydrogens (tertiary/aromatic N) is 2. The standard InChI is InChI=1S/C15H29N3/c1-2-10-18(12-11-17-8-3-4-9-17)15(5-1)13-16-14-6-7-14/h14-16H,1-13H2. The Labute approximate surface area is 112 Å². The highest BCUT2D eigenvalue weighted by molar-refractivity contribution is 4.86. The zero-order chi connectivity index (χ0) is 12.2. The molecule has 2 saturated heterocycles. The second-order valence-electron chi connectivity index (χ2n) is 6.42. The van der Waals surface area contributed by atoms with E-state index in [1.807, 2.05) is 0 Å². The van der Waals surface area contributed by atoms with E-state index in [-0.39, 0.29) is 0 Å². The van der Waals surface area contributed by atoms with E-state index in [0.29, 0.717) is 0 Å². The fraction of sp³-hybridized carbons (Fsp3) is 1.00. The predicted molar refractivity (Wildman–Crippen MR) is 75.9 cm³/mol. The minimum absolute atomic E-state index is 0.821. The normalized spacial score (nSPS) is 31.0. The molecular weight excluding hydrogens is 222 g/mol. The maximum Gasteiger partial charge on any atom is 0.0221 e. The third-order valence-electron chi connectivity index (χ3n) is 4.87. The molecule has 0 amide bonds. The van der Waals surface area contributed by atoms with Crippen molar-refractivity contribution >= 4 is 0 Å². The molecule has 3 nitrogen and oxygen atoms in total. The molecule has 1 atom stereocenters. The van der Waals surface area contributed by atoms with Crippen molar-refractivity contribution in [3.63, 3.8) is 0 Å². The van der Waals surface area contributed by atoms with Gasteiger partial charge in [-0.1, -0.05) is 6.42 Å². The first kappa shape index (κ1) is 12.9. The number of hydrogen-bond donors (Lipinski definition) is 1. The SMILES string of the molecule is C1CCN(CCN2CCCC2)C(CNC2CC2)C1. The Hall–Kier alpha value is -0.120. The van der Waals surface area contributed by atoms with Gasteiger partial charge in [-0.15, -0.1) is 0 Å². The maximum atomic E-state index is 3.73. The van der Waals surface area contributed by atoms with Crippen molar-refractivity contribution in [2.75, 3.05) is 39.3 Å². The summed E-state index contributed by atoms with van der Waals surface area (Å²) in [5.41, 5.74) is 0. The molecule has 1 saturated carbocycles. The molecule has 3 heteroatoms. The fourth-order valence-corrected chi connectivity index (χ4v) is 3.45. The summed E-state index contributed by atoms with van der Waals surface area (Å²) >= 11 is 0. The lowest BCUT2D eigenvalue weighted by Crippen LogP contribution is -2.48. The Bertz CT molecular complexity index is 246. The van der Waals surface area contributed by atoms with Gasteiger partial charge in [0.15, 0.2) is 0 Å². The van der Waals surface area contributed by atoms with Crippen LogP contribution in [0.3, 0.4) is 0 Å². The molecule has 2 aliphatic heterocycles. The summed E-state index contributed by atoms with van der Waals surface area (Å²) in [7, 11) is 0. The molecule has 2 heterocycles. The molecule has 104 valence electrons. The van der Waals surface area contributed by atoms with Crippen LogP contribution in [0.25, 0.3) is 0 Å². The van der Waals surface area contributed by atoms with Crippen molar-refractivity contribution in [3.05, 3.63) is 0 Å². The van der Waals surface area contributed by atoms with Crippen LogP contribution in [0, 0.1) is 0 Å². The van der Waals surface area contributed by atoms with Crippen LogP contribution < -0.4 is 5.32 Å². The Balaban J connectivity index is 1.41. The molecule has 0 aromatic rings. The molecule has 0 spiro atoms. The van der Waals surface area contributed by atoms with Crippen LogP contribution in [0.5, 0.6) is 0 Å². The van der Waals surface area contributed by atoms with E-state index < -0.39 is 0 Å². The fourth-order valence-electron chi connectivity index (χ4n) is 3.45. The van der Waals surface area contributed by atoms with Gasteiger partial charge in [0.25, 0.3) is 0 Å². The Morgan fingerprint density at radius 1 is 0.833 bits per heavy atom. The van der Waals surface area contributed by atoms with E-state index in [9.17, 15) is 0 Å². The topological polar surface area (TPSA) is 18.5 Å². The van der Waals surface area contributed by atoms with E-state index in [4.69, 9.17) is 0 Å². The van der Waals surface area contributed by atoms with Gasteiger partial charge in [0.2, 0.25) is 0 Å². The monoisotopic (exact) mass is 251 g/mol. The average molecular weight is 251 g/mol. The number of likely N-dealkylation sites (tertiary alicyclic amines) is 2. The van der Waals surface area contributed by atoms with Crippen LogP contribution in [-0.2, 0) is 0 Å². The molecule has 1 aliphatic carbocycles. The quantitative estimate of drug-likeness (QED) is 0.775. The van der Waals surface area contributed by atoms with Gasteiger partial charge in [0.05, 0.1) is 0 Å². The highest BCUT2D eigenvalue weighted by atomic mass is 15.2. The molecule has 1 N–H and O–H groups in total. The number of hydrogen-bond acceptors (Lipinski definition) is 3. The smallest absolute Gasteiger partial charge is 0.0221 e. The second kappa shape index (κ2) is 6.36. The Morgan fingerprint density at radius 2 is 1.61 bits per heavy atom. The van der Waals surface area contributed by atoms with Crippen molar-refractivity contribution in [3.8, 4) is 0 Å². The van der Waals surface area contributed by atoms with Crippen LogP contribution in [0.1, 0.15) is 44.9 Å². The molecular formula is C15H29N3. The first-order valence-corrected chi connectivity index (χ1v) is 8.11. The number of rotatable bonds is 6. The summed E-state index contributed by atoms with van der Waals surface area (Å²) in [6.07, 6.45) is 9.96. The second-order valence-corrected chi connectivity index (χ2v) is 6.42. The third kappa shape index (κ3) is 3.69. The zero-order valence-electron chi connectivity index (χ0n) is 11.7. The van der Waals surface area contributed by atoms with Gasteiger partial charge >= 0.3 is 0 Å². The summed E-state index contributed by atoms with van der Waals surface area (Å²) in [5.74, 6) is 0. The van der Waals surface area contributed by atoms with Crippen molar-refractivity contribution < 1.29 is 0 Å². The van der Waals surface area contributed by atoms with Crippen molar-refractivity contribution in [2.45, 2.75) is 57.0 Å². The third-order valence-corrected chi connectivity index (χ3v) is 4.87. The first-order valence-electron chi connectivity index (χ1n) is 8.11. The Kier molecular flexibility index (Phi) is 4.55. The molecule has 3 fully saturated rings. The summed E-state index contributed by atoms with van der Waals surface area (Å²) in [5, 5.41) is 3.73. The largest absolute Gasteiger partial charge is 0.312 e. The van der Waals surface area contributed by atoms with E-state index >= 15 is 0 Å². The van der Waals surface area contributed by atoms with Gasteiger partial charge < -0.3 is 10.2 Å². The molecule has 0 radical (unpaired) electrons. The zero-order valence-corrected chi connectivity index (χ0v) is 11.7. The van der Waals surface area contributed by atoms with Crippen LogP contribution in [0.15, 0.2) is 0 Å². The van der Waals surface area contributed by atoms with Crippen LogP contribution in [0.4, 0.5) is 0 Å². The Morgan fingerprint density at radius 3 is 2.39 bits per heavy atom. The highest BCUT2D eigenvalue weighted by Crippen LogP contribution is 2.21. The maximum absolute atomic E-state index is 3.73. The molecule has 0 aromatic carbocycles. The molecule has 0 aromatic heterocycles. The van der Waals surface area contributed by atoms with Crippen LogP contribution >= 0.6 is 0 Å². The van der Waals surface area contributed by atoms with E-state index in [1.54, 1.807) is 0 Å². The molecule has 3 rings (SSSR count). The molecule has 1 unspecified atom stereocenters. The highest BCUT2D eigenvalue weighted by Gasteiger charge is 2.26.